The van der Waals surface area contributed by atoms with E-state index in [2.05, 4.69) is 10.2 Å². The Balaban J connectivity index is 1.53. The van der Waals surface area contributed by atoms with E-state index in [0.717, 1.165) is 23.3 Å². The molecule has 5 nitrogen and oxygen atoms in total. The summed E-state index contributed by atoms with van der Waals surface area (Å²) in [5.41, 5.74) is 1.83. The predicted octanol–water partition coefficient (Wildman–Crippen LogP) is 4.66. The van der Waals surface area contributed by atoms with Crippen LogP contribution in [0.2, 0.25) is 0 Å². The molecule has 0 unspecified atom stereocenters. The Labute approximate surface area is 166 Å². The van der Waals surface area contributed by atoms with Crippen LogP contribution < -0.4 is 0 Å². The molecule has 0 fully saturated rings. The molecule has 1 heterocycles. The molecule has 1 amide bonds. The minimum Gasteiger partial charge on any atom is -0.421 e. The van der Waals surface area contributed by atoms with Gasteiger partial charge in [0, 0.05) is 32.0 Å². The summed E-state index contributed by atoms with van der Waals surface area (Å²) in [6.45, 7) is 2.20. The van der Waals surface area contributed by atoms with E-state index >= 15 is 0 Å². The number of nitrogens with zero attached hydrogens (tertiary/aromatic N) is 3. The largest absolute Gasteiger partial charge is 0.421 e. The maximum Gasteiger partial charge on any atom is 0.416 e. The molecule has 3 rings (SSSR count). The van der Waals surface area contributed by atoms with Gasteiger partial charge in [-0.05, 0) is 36.8 Å². The Kier molecular flexibility index (Phi) is 6.00. The van der Waals surface area contributed by atoms with Gasteiger partial charge in [0.05, 0.1) is 5.56 Å². The number of carbonyl (C=O) groups excluding carboxylic acids is 1. The number of amides is 1. The monoisotopic (exact) mass is 403 g/mol. The first-order valence-corrected chi connectivity index (χ1v) is 9.02. The Morgan fingerprint density at radius 1 is 1.03 bits per heavy atom. The van der Waals surface area contributed by atoms with E-state index in [0.29, 0.717) is 17.3 Å². The highest BCUT2D eigenvalue weighted by molar-refractivity contribution is 5.76. The van der Waals surface area contributed by atoms with Crippen molar-refractivity contribution in [2.24, 2.45) is 0 Å². The summed E-state index contributed by atoms with van der Waals surface area (Å²) in [5, 5.41) is 7.97. The average molecular weight is 403 g/mol. The van der Waals surface area contributed by atoms with Gasteiger partial charge in [-0.1, -0.05) is 29.8 Å². The van der Waals surface area contributed by atoms with Crippen molar-refractivity contribution in [2.75, 3.05) is 7.05 Å². The van der Waals surface area contributed by atoms with E-state index in [4.69, 9.17) is 4.42 Å². The zero-order valence-electron chi connectivity index (χ0n) is 16.0. The molecule has 0 spiro atoms. The van der Waals surface area contributed by atoms with Gasteiger partial charge in [0.15, 0.2) is 0 Å². The van der Waals surface area contributed by atoms with Crippen LogP contribution in [0.5, 0.6) is 0 Å². The number of hydrogen-bond acceptors (Lipinski definition) is 4. The average Bonchev–Trinajstić information content (AvgIpc) is 3.15. The first-order chi connectivity index (χ1) is 13.7. The van der Waals surface area contributed by atoms with Crippen molar-refractivity contribution in [3.05, 3.63) is 71.1 Å². The predicted molar refractivity (Wildman–Crippen MR) is 101 cm³/mol. The molecular formula is C21H20F3N3O2. The summed E-state index contributed by atoms with van der Waals surface area (Å²) in [6, 6.07) is 12.4. The molecule has 29 heavy (non-hydrogen) atoms. The Morgan fingerprint density at radius 2 is 1.69 bits per heavy atom. The van der Waals surface area contributed by atoms with Gasteiger partial charge in [0.2, 0.25) is 17.7 Å². The van der Waals surface area contributed by atoms with Crippen LogP contribution in [-0.4, -0.2) is 28.1 Å². The van der Waals surface area contributed by atoms with Crippen molar-refractivity contribution in [1.29, 1.82) is 0 Å². The standard InChI is InChI=1S/C21H20F3N3O2/c1-14-3-7-16(8-4-14)20-26-25-18(29-20)11-12-19(28)27(2)13-15-5-9-17(10-6-15)21(22,23)24/h3-10H,11-13H2,1-2H3. The molecule has 0 saturated heterocycles. The van der Waals surface area contributed by atoms with E-state index in [-0.39, 0.29) is 25.3 Å². The fraction of sp³-hybridized carbons (Fsp3) is 0.286. The highest BCUT2D eigenvalue weighted by Gasteiger charge is 2.30. The smallest absolute Gasteiger partial charge is 0.416 e. The Bertz CT molecular complexity index is 964. The van der Waals surface area contributed by atoms with Gasteiger partial charge in [-0.3, -0.25) is 4.79 Å². The van der Waals surface area contributed by atoms with Crippen molar-refractivity contribution in [3.8, 4) is 11.5 Å². The van der Waals surface area contributed by atoms with E-state index < -0.39 is 11.7 Å². The summed E-state index contributed by atoms with van der Waals surface area (Å²) in [6.07, 6.45) is -3.93. The van der Waals surface area contributed by atoms with Crippen molar-refractivity contribution in [2.45, 2.75) is 32.5 Å². The van der Waals surface area contributed by atoms with Crippen molar-refractivity contribution >= 4 is 5.91 Å². The number of rotatable bonds is 6. The van der Waals surface area contributed by atoms with Crippen LogP contribution in [0.25, 0.3) is 11.5 Å². The van der Waals surface area contributed by atoms with Crippen LogP contribution in [0, 0.1) is 6.92 Å². The molecule has 0 aliphatic rings. The molecule has 0 aliphatic carbocycles. The molecule has 0 aliphatic heterocycles. The Hall–Kier alpha value is -3.16. The molecule has 152 valence electrons. The summed E-state index contributed by atoms with van der Waals surface area (Å²) in [7, 11) is 1.60. The lowest BCUT2D eigenvalue weighted by Crippen LogP contribution is -2.26. The summed E-state index contributed by atoms with van der Waals surface area (Å²) >= 11 is 0. The first kappa shape index (κ1) is 20.6. The number of halogens is 3. The van der Waals surface area contributed by atoms with E-state index in [1.54, 1.807) is 7.05 Å². The van der Waals surface area contributed by atoms with Crippen molar-refractivity contribution < 1.29 is 22.4 Å². The lowest BCUT2D eigenvalue weighted by Gasteiger charge is -2.17. The third-order valence-corrected chi connectivity index (χ3v) is 4.44. The number of aryl methyl sites for hydroxylation is 2. The number of hydrogen-bond donors (Lipinski definition) is 0. The molecule has 1 aromatic heterocycles. The van der Waals surface area contributed by atoms with Crippen LogP contribution in [0.15, 0.2) is 52.9 Å². The highest BCUT2D eigenvalue weighted by atomic mass is 19.4. The van der Waals surface area contributed by atoms with Gasteiger partial charge in [-0.2, -0.15) is 13.2 Å². The normalized spacial score (nSPS) is 11.5. The first-order valence-electron chi connectivity index (χ1n) is 9.02. The topological polar surface area (TPSA) is 59.2 Å². The Morgan fingerprint density at radius 3 is 2.31 bits per heavy atom. The van der Waals surface area contributed by atoms with E-state index in [9.17, 15) is 18.0 Å². The molecule has 2 aromatic carbocycles. The van der Waals surface area contributed by atoms with Crippen molar-refractivity contribution in [3.63, 3.8) is 0 Å². The van der Waals surface area contributed by atoms with Gasteiger partial charge >= 0.3 is 6.18 Å². The minimum absolute atomic E-state index is 0.159. The minimum atomic E-state index is -4.37. The fourth-order valence-corrected chi connectivity index (χ4v) is 2.73. The number of aromatic nitrogens is 2. The van der Waals surface area contributed by atoms with Crippen LogP contribution in [0.3, 0.4) is 0 Å². The highest BCUT2D eigenvalue weighted by Crippen LogP contribution is 2.29. The summed E-state index contributed by atoms with van der Waals surface area (Å²) in [5.74, 6) is 0.586. The SMILES string of the molecule is Cc1ccc(-c2nnc(CCC(=O)N(C)Cc3ccc(C(F)(F)F)cc3)o2)cc1. The third kappa shape index (κ3) is 5.43. The molecule has 0 radical (unpaired) electrons. The number of carbonyl (C=O) groups is 1. The van der Waals surface area contributed by atoms with Crippen LogP contribution in [0.1, 0.15) is 29.0 Å². The van der Waals surface area contributed by atoms with Gasteiger partial charge < -0.3 is 9.32 Å². The summed E-state index contributed by atoms with van der Waals surface area (Å²) in [4.78, 5) is 13.8. The van der Waals surface area contributed by atoms with Crippen LogP contribution in [0.4, 0.5) is 13.2 Å². The summed E-state index contributed by atoms with van der Waals surface area (Å²) < 4.78 is 43.4. The molecule has 3 aromatic rings. The van der Waals surface area contributed by atoms with Gasteiger partial charge in [0.25, 0.3) is 0 Å². The second-order valence-corrected chi connectivity index (χ2v) is 6.81. The van der Waals surface area contributed by atoms with Crippen molar-refractivity contribution in [1.82, 2.24) is 15.1 Å². The fourth-order valence-electron chi connectivity index (χ4n) is 2.73. The molecule has 0 bridgehead atoms. The lowest BCUT2D eigenvalue weighted by molar-refractivity contribution is -0.137. The lowest BCUT2D eigenvalue weighted by atomic mass is 10.1. The molecule has 8 heteroatoms. The maximum atomic E-state index is 12.6. The third-order valence-electron chi connectivity index (χ3n) is 4.44. The zero-order chi connectivity index (χ0) is 21.0. The van der Waals surface area contributed by atoms with Crippen LogP contribution in [-0.2, 0) is 23.9 Å². The van der Waals surface area contributed by atoms with Gasteiger partial charge in [-0.25, -0.2) is 0 Å². The number of alkyl halides is 3. The zero-order valence-corrected chi connectivity index (χ0v) is 16.0. The molecule has 0 N–H and O–H groups in total. The quantitative estimate of drug-likeness (QED) is 0.601. The van der Waals surface area contributed by atoms with E-state index in [1.807, 2.05) is 31.2 Å². The molecular weight excluding hydrogens is 383 g/mol. The van der Waals surface area contributed by atoms with Gasteiger partial charge in [-0.15, -0.1) is 10.2 Å². The maximum absolute atomic E-state index is 12.6. The number of benzene rings is 2. The second kappa shape index (κ2) is 8.46. The second-order valence-electron chi connectivity index (χ2n) is 6.81. The molecule has 0 atom stereocenters. The van der Waals surface area contributed by atoms with Crippen LogP contribution >= 0.6 is 0 Å². The van der Waals surface area contributed by atoms with Gasteiger partial charge in [0.1, 0.15) is 0 Å². The molecule has 0 saturated carbocycles. The van der Waals surface area contributed by atoms with E-state index in [1.165, 1.54) is 17.0 Å².